The largest absolute Gasteiger partial charge is 0.480 e. The Kier molecular flexibility index (Phi) is 10.9. The van der Waals surface area contributed by atoms with E-state index in [9.17, 15) is 14.4 Å². The van der Waals surface area contributed by atoms with Crippen molar-refractivity contribution in [3.05, 3.63) is 0 Å². The predicted octanol–water partition coefficient (Wildman–Crippen LogP) is -0.714. The number of carboxylic acid groups (broad SMARTS) is 3. The molecule has 0 aromatic heterocycles. The molecule has 8 heteroatoms. The summed E-state index contributed by atoms with van der Waals surface area (Å²) < 4.78 is 0. The van der Waals surface area contributed by atoms with Crippen molar-refractivity contribution in [2.45, 2.75) is 26.3 Å². The van der Waals surface area contributed by atoms with Gasteiger partial charge < -0.3 is 21.1 Å². The summed E-state index contributed by atoms with van der Waals surface area (Å²) in [5, 5.41) is 25.5. The van der Waals surface area contributed by atoms with Crippen molar-refractivity contribution in [1.29, 1.82) is 0 Å². The molecule has 0 aliphatic carbocycles. The van der Waals surface area contributed by atoms with Crippen LogP contribution in [0, 0.1) is 0 Å². The number of carbonyl (C=O) groups is 3. The summed E-state index contributed by atoms with van der Waals surface area (Å²) >= 11 is 0. The van der Waals surface area contributed by atoms with Gasteiger partial charge in [0.1, 0.15) is 6.04 Å². The fourth-order valence-corrected chi connectivity index (χ4v) is 1.04. The average Bonchev–Trinajstić information content (AvgIpc) is 2.26. The van der Waals surface area contributed by atoms with Crippen molar-refractivity contribution in [2.24, 2.45) is 5.73 Å². The highest BCUT2D eigenvalue weighted by Gasteiger charge is 2.17. The number of rotatable bonds is 8. The smallest absolute Gasteiger partial charge is 0.320 e. The van der Waals surface area contributed by atoms with E-state index >= 15 is 0 Å². The van der Waals surface area contributed by atoms with E-state index < -0.39 is 37.0 Å². The summed E-state index contributed by atoms with van der Waals surface area (Å²) in [5.74, 6) is -3.55. The number of hydrogen-bond donors (Lipinski definition) is 4. The molecular formula is C10H20N2O6. The van der Waals surface area contributed by atoms with Crippen molar-refractivity contribution >= 4 is 17.9 Å². The molecule has 1 unspecified atom stereocenters. The molecule has 0 aromatic carbocycles. The van der Waals surface area contributed by atoms with Crippen LogP contribution in [-0.4, -0.2) is 63.8 Å². The molecule has 0 aliphatic rings. The quantitative estimate of drug-likeness (QED) is 0.450. The van der Waals surface area contributed by atoms with Crippen molar-refractivity contribution in [1.82, 2.24) is 4.90 Å². The van der Waals surface area contributed by atoms with Crippen LogP contribution in [0.3, 0.4) is 0 Å². The molecule has 0 aromatic rings. The van der Waals surface area contributed by atoms with Gasteiger partial charge in [0.2, 0.25) is 0 Å². The Labute approximate surface area is 105 Å². The first-order valence-electron chi connectivity index (χ1n) is 5.47. The molecule has 8 nitrogen and oxygen atoms in total. The van der Waals surface area contributed by atoms with Crippen molar-refractivity contribution in [2.75, 3.05) is 19.6 Å². The standard InChI is InChI=1S/C8H14N2O6.C2H6/c9-5(8(15)16)1-2-10(3-6(11)12)4-7(13)14;1-2/h5H,1-4,9H2,(H,11,12)(H,13,14)(H,15,16);1-2H3. The van der Waals surface area contributed by atoms with Gasteiger partial charge in [-0.3, -0.25) is 19.3 Å². The van der Waals surface area contributed by atoms with E-state index in [4.69, 9.17) is 21.1 Å². The molecule has 1 atom stereocenters. The highest BCUT2D eigenvalue weighted by atomic mass is 16.4. The number of hydrogen-bond acceptors (Lipinski definition) is 5. The third-order valence-corrected chi connectivity index (χ3v) is 1.79. The highest BCUT2D eigenvalue weighted by molar-refractivity contribution is 5.73. The lowest BCUT2D eigenvalue weighted by Gasteiger charge is -2.18. The SMILES string of the molecule is CC.NC(CCN(CC(=O)O)CC(=O)O)C(=O)O. The first-order chi connectivity index (χ1) is 8.32. The molecule has 0 spiro atoms. The van der Waals surface area contributed by atoms with Crippen molar-refractivity contribution < 1.29 is 29.7 Å². The summed E-state index contributed by atoms with van der Waals surface area (Å²) in [5.41, 5.74) is 5.21. The van der Waals surface area contributed by atoms with Gasteiger partial charge in [-0.05, 0) is 6.42 Å². The lowest BCUT2D eigenvalue weighted by molar-refractivity contribution is -0.141. The molecule has 0 amide bonds. The Bertz CT molecular complexity index is 266. The summed E-state index contributed by atoms with van der Waals surface area (Å²) in [6.45, 7) is 3.09. The molecule has 106 valence electrons. The van der Waals surface area contributed by atoms with Crippen molar-refractivity contribution in [3.63, 3.8) is 0 Å². The van der Waals surface area contributed by atoms with Crippen LogP contribution in [0.25, 0.3) is 0 Å². The molecule has 0 saturated carbocycles. The minimum atomic E-state index is -1.20. The molecule has 18 heavy (non-hydrogen) atoms. The van der Waals surface area contributed by atoms with Gasteiger partial charge in [0, 0.05) is 6.54 Å². The second-order valence-electron chi connectivity index (χ2n) is 3.23. The summed E-state index contributed by atoms with van der Waals surface area (Å²) in [6.07, 6.45) is -0.00407. The van der Waals surface area contributed by atoms with E-state index in [1.807, 2.05) is 13.8 Å². The molecule has 0 radical (unpaired) electrons. The normalized spacial score (nSPS) is 11.3. The van der Waals surface area contributed by atoms with Crippen LogP contribution in [0.15, 0.2) is 0 Å². The van der Waals surface area contributed by atoms with Gasteiger partial charge in [-0.1, -0.05) is 13.8 Å². The van der Waals surface area contributed by atoms with Crippen LogP contribution in [0.4, 0.5) is 0 Å². The lowest BCUT2D eigenvalue weighted by Crippen LogP contribution is -2.39. The van der Waals surface area contributed by atoms with Crippen LogP contribution in [0.2, 0.25) is 0 Å². The van der Waals surface area contributed by atoms with Crippen LogP contribution in [-0.2, 0) is 14.4 Å². The summed E-state index contributed by atoms with van der Waals surface area (Å²) in [6, 6.07) is -1.12. The van der Waals surface area contributed by atoms with E-state index in [0.717, 1.165) is 4.90 Å². The first kappa shape index (κ1) is 18.7. The molecule has 0 fully saturated rings. The number of carboxylic acids is 3. The van der Waals surface area contributed by atoms with Gasteiger partial charge in [0.15, 0.2) is 0 Å². The van der Waals surface area contributed by atoms with E-state index in [1.165, 1.54) is 0 Å². The van der Waals surface area contributed by atoms with Gasteiger partial charge in [-0.15, -0.1) is 0 Å². The zero-order chi connectivity index (χ0) is 14.7. The zero-order valence-electron chi connectivity index (χ0n) is 10.5. The van der Waals surface area contributed by atoms with Gasteiger partial charge in [-0.2, -0.15) is 0 Å². The second-order valence-corrected chi connectivity index (χ2v) is 3.23. The molecule has 0 saturated heterocycles. The number of aliphatic carboxylic acids is 3. The van der Waals surface area contributed by atoms with E-state index in [2.05, 4.69) is 0 Å². The van der Waals surface area contributed by atoms with E-state index in [0.29, 0.717) is 0 Å². The van der Waals surface area contributed by atoms with Crippen molar-refractivity contribution in [3.8, 4) is 0 Å². The average molecular weight is 264 g/mol. The first-order valence-corrected chi connectivity index (χ1v) is 5.47. The Balaban J connectivity index is 0. The second kappa shape index (κ2) is 10.5. The minimum Gasteiger partial charge on any atom is -0.480 e. The molecule has 0 aliphatic heterocycles. The Morgan fingerprint density at radius 1 is 1.06 bits per heavy atom. The summed E-state index contributed by atoms with van der Waals surface area (Å²) in [7, 11) is 0. The molecule has 5 N–H and O–H groups in total. The lowest BCUT2D eigenvalue weighted by atomic mass is 10.2. The van der Waals surface area contributed by atoms with Gasteiger partial charge >= 0.3 is 17.9 Å². The fourth-order valence-electron chi connectivity index (χ4n) is 1.04. The third-order valence-electron chi connectivity index (χ3n) is 1.79. The third kappa shape index (κ3) is 10.8. The highest BCUT2D eigenvalue weighted by Crippen LogP contribution is 1.95. The number of nitrogens with zero attached hydrogens (tertiary/aromatic N) is 1. The van der Waals surface area contributed by atoms with Gasteiger partial charge in [0.05, 0.1) is 13.1 Å². The van der Waals surface area contributed by atoms with Crippen LogP contribution in [0.5, 0.6) is 0 Å². The maximum absolute atomic E-state index is 10.4. The zero-order valence-corrected chi connectivity index (χ0v) is 10.5. The molecular weight excluding hydrogens is 244 g/mol. The fraction of sp³-hybridized carbons (Fsp3) is 0.700. The minimum absolute atomic E-state index is 0.00407. The summed E-state index contributed by atoms with van der Waals surface area (Å²) in [4.78, 5) is 32.3. The monoisotopic (exact) mass is 264 g/mol. The van der Waals surface area contributed by atoms with Gasteiger partial charge in [-0.25, -0.2) is 0 Å². The van der Waals surface area contributed by atoms with Gasteiger partial charge in [0.25, 0.3) is 0 Å². The van der Waals surface area contributed by atoms with E-state index in [1.54, 1.807) is 0 Å². The van der Waals surface area contributed by atoms with Crippen LogP contribution < -0.4 is 5.73 Å². The van der Waals surface area contributed by atoms with Crippen LogP contribution >= 0.6 is 0 Å². The molecule has 0 heterocycles. The predicted molar refractivity (Wildman–Crippen MR) is 63.3 cm³/mol. The van der Waals surface area contributed by atoms with E-state index in [-0.39, 0.29) is 13.0 Å². The Hall–Kier alpha value is -1.67. The Morgan fingerprint density at radius 3 is 1.72 bits per heavy atom. The molecule has 0 bridgehead atoms. The topological polar surface area (TPSA) is 141 Å². The Morgan fingerprint density at radius 2 is 1.44 bits per heavy atom. The molecule has 0 rings (SSSR count). The number of nitrogens with two attached hydrogens (primary N) is 1. The maximum atomic E-state index is 10.4. The maximum Gasteiger partial charge on any atom is 0.320 e. The van der Waals surface area contributed by atoms with Crippen LogP contribution in [0.1, 0.15) is 20.3 Å².